The first kappa shape index (κ1) is 92.0. The van der Waals surface area contributed by atoms with Gasteiger partial charge in [-0.3, -0.25) is 24.0 Å². The van der Waals surface area contributed by atoms with E-state index in [-0.39, 0.29) is 65.3 Å². The maximum Gasteiger partial charge on any atom is 0.416 e. The van der Waals surface area contributed by atoms with Crippen LogP contribution in [0.1, 0.15) is 92.1 Å². The number of para-hydroxylation sites is 2. The van der Waals surface area contributed by atoms with Crippen molar-refractivity contribution in [3.05, 3.63) is 299 Å². The molecule has 2 fully saturated rings. The number of anilines is 6. The second kappa shape index (κ2) is 45.2. The molecule has 1 aliphatic heterocycles. The van der Waals surface area contributed by atoms with Gasteiger partial charge in [-0.2, -0.15) is 13.2 Å². The average Bonchev–Trinajstić information content (AvgIpc) is 1.22. The maximum atomic E-state index is 13.7. The molecule has 12 rings (SSSR count). The predicted molar refractivity (Wildman–Crippen MR) is 448 cm³/mol. The van der Waals surface area contributed by atoms with Crippen LogP contribution in [-0.2, 0) is 25.3 Å². The highest BCUT2D eigenvalue weighted by atomic mass is 35.5. The normalized spacial score (nSPS) is 13.3. The minimum Gasteiger partial charge on any atom is -0.479 e. The summed E-state index contributed by atoms with van der Waals surface area (Å²) in [6.07, 6.45) is 0.220. The van der Waals surface area contributed by atoms with Crippen LogP contribution in [0.2, 0.25) is 40.2 Å². The van der Waals surface area contributed by atoms with E-state index in [0.717, 1.165) is 73.0 Å². The first-order valence-electron chi connectivity index (χ1n) is 35.1. The van der Waals surface area contributed by atoms with Crippen molar-refractivity contribution in [3.8, 4) is 23.1 Å². The summed E-state index contributed by atoms with van der Waals surface area (Å²) in [7, 11) is 0. The molecule has 604 valence electrons. The van der Waals surface area contributed by atoms with Crippen LogP contribution in [0, 0.1) is 24.5 Å². The van der Waals surface area contributed by atoms with Gasteiger partial charge in [0.05, 0.1) is 52.1 Å². The Kier molecular flexibility index (Phi) is 36.2. The van der Waals surface area contributed by atoms with Gasteiger partial charge in [0, 0.05) is 75.8 Å². The molecule has 1 aliphatic carbocycles. The molecule has 115 heavy (non-hydrogen) atoms. The molecule has 2 heterocycles. The number of pyridine rings is 1. The first-order chi connectivity index (χ1) is 54.7. The number of ether oxygens (including phenoxy) is 4. The van der Waals surface area contributed by atoms with Crippen LogP contribution < -0.4 is 46.1 Å². The Labute approximate surface area is 701 Å². The van der Waals surface area contributed by atoms with Crippen molar-refractivity contribution in [1.82, 2.24) is 9.88 Å². The Hall–Kier alpha value is -10.2. The van der Waals surface area contributed by atoms with Gasteiger partial charge in [-0.1, -0.05) is 148 Å². The summed E-state index contributed by atoms with van der Waals surface area (Å²) in [5.74, 6) is -2.51. The van der Waals surface area contributed by atoms with E-state index in [4.69, 9.17) is 112 Å². The largest absolute Gasteiger partial charge is 0.479 e. The number of benzene rings is 9. The Morgan fingerprint density at radius 3 is 1.71 bits per heavy atom. The lowest BCUT2D eigenvalue weighted by molar-refractivity contribution is -0.137. The molecule has 1 saturated carbocycles. The molecule has 6 N–H and O–H groups in total. The number of carbonyl (C=O) groups excluding carboxylic acids is 6. The zero-order valence-electron chi connectivity index (χ0n) is 62.4. The van der Waals surface area contributed by atoms with E-state index < -0.39 is 35.4 Å². The van der Waals surface area contributed by atoms with Crippen molar-refractivity contribution in [2.75, 3.05) is 45.3 Å². The number of halogens is 13. The van der Waals surface area contributed by atoms with Crippen molar-refractivity contribution >= 4 is 162 Å². The van der Waals surface area contributed by atoms with E-state index in [0.29, 0.717) is 105 Å². The zero-order valence-corrected chi connectivity index (χ0v) is 68.4. The van der Waals surface area contributed by atoms with Crippen molar-refractivity contribution in [3.63, 3.8) is 0 Å². The molecule has 31 heteroatoms. The average molecular weight is 1740 g/mol. The van der Waals surface area contributed by atoms with Gasteiger partial charge in [-0.15, -0.1) is 0 Å². The lowest BCUT2D eigenvalue weighted by Gasteiger charge is -2.26. The summed E-state index contributed by atoms with van der Waals surface area (Å²) < 4.78 is 86.5. The fraction of sp³-hybridized carbons (Fsp3) is 0.202. The third kappa shape index (κ3) is 29.9. The van der Waals surface area contributed by atoms with Gasteiger partial charge in [0.25, 0.3) is 23.6 Å². The number of amides is 7. The van der Waals surface area contributed by atoms with Gasteiger partial charge in [0.15, 0.2) is 12.9 Å². The number of carbonyl (C=O) groups is 6. The fourth-order valence-corrected chi connectivity index (χ4v) is 11.3. The first-order valence-corrected chi connectivity index (χ1v) is 38.1. The summed E-state index contributed by atoms with van der Waals surface area (Å²) in [4.78, 5) is 77.1. The van der Waals surface area contributed by atoms with E-state index in [1.807, 2.05) is 72.5 Å². The predicted octanol–water partition coefficient (Wildman–Crippen LogP) is 24.7. The van der Waals surface area contributed by atoms with Crippen LogP contribution in [0.3, 0.4) is 0 Å². The minimum atomic E-state index is -4.57. The third-order valence-electron chi connectivity index (χ3n) is 16.3. The standard InChI is InChI=1S/C19H11F5N2O2.C16H15Cl2NO3.C16H15Cl2NO2.C13H18N2O.2C10H9Cl2NO/c20-12-6-7-16(15(21)10-12)26-17(27)14-5-2-8-25-18(14)28-13-4-1-3-11(9-13)19(22,23)24;1-2-21-10-22-12-8-6-11(7-9-12)16(20)19-14-5-3-4-13(17)15(14)18;1-10-13(17)8-9-14(15(10)18)21-11(2)16(20)19-12-6-4-3-5-7-12;1-10-8-9-11(2)15(10)13(16)14-12-6-4-3-5-7-12;11-8-4-3-7(5-9(8)12)13-10(14)6-1-2-6;1-6(2)10(14)13-7-3-4-8(11)9(12)5-7/h1-10H,(H,26,27);3-9H,2,10H2,1H3,(H,19,20);3-9,11H,1-2H3,(H,19,20);3-7,10-11H,8-9H2,1-2H3,(H,14,16);3-6H,1-2H2,(H,13,14);3-5H,1H2,2H3,(H,13,14)/t;;;10-,11+;;. The monoisotopic (exact) mass is 1730 g/mol. The minimum absolute atomic E-state index is 0.0173. The number of hydrogen-bond donors (Lipinski definition) is 6. The summed E-state index contributed by atoms with van der Waals surface area (Å²) in [5, 5.41) is 19.6. The van der Waals surface area contributed by atoms with Gasteiger partial charge < -0.3 is 55.7 Å². The van der Waals surface area contributed by atoms with Crippen LogP contribution in [0.15, 0.2) is 225 Å². The number of nitrogens with one attached hydrogen (secondary N) is 6. The van der Waals surface area contributed by atoms with Crippen molar-refractivity contribution in [2.24, 2.45) is 5.92 Å². The molecule has 3 atom stereocenters. The third-order valence-corrected chi connectivity index (χ3v) is 19.5. The quantitative estimate of drug-likeness (QED) is 0.0193. The van der Waals surface area contributed by atoms with Crippen molar-refractivity contribution in [2.45, 2.75) is 91.6 Å². The Balaban J connectivity index is 0.000000194. The van der Waals surface area contributed by atoms with E-state index in [9.17, 15) is 50.7 Å². The molecule has 1 aromatic heterocycles. The van der Waals surface area contributed by atoms with Gasteiger partial charge in [0.2, 0.25) is 11.8 Å². The highest BCUT2D eigenvalue weighted by Gasteiger charge is 2.33. The molecular formula is C84H77Cl8F5N8O10. The summed E-state index contributed by atoms with van der Waals surface area (Å²) >= 11 is 47.1. The smallest absolute Gasteiger partial charge is 0.416 e. The lowest BCUT2D eigenvalue weighted by atomic mass is 10.2. The van der Waals surface area contributed by atoms with Crippen LogP contribution in [-0.4, -0.2) is 77.0 Å². The van der Waals surface area contributed by atoms with E-state index in [1.54, 1.807) is 112 Å². The van der Waals surface area contributed by atoms with Crippen LogP contribution in [0.4, 0.5) is 60.9 Å². The molecule has 1 unspecified atom stereocenters. The van der Waals surface area contributed by atoms with E-state index in [2.05, 4.69) is 57.3 Å². The molecule has 9 aromatic carbocycles. The second-order valence-corrected chi connectivity index (χ2v) is 28.4. The van der Waals surface area contributed by atoms with Gasteiger partial charge in [0.1, 0.15) is 34.4 Å². The molecule has 2 aliphatic rings. The maximum absolute atomic E-state index is 13.7. The number of hydrogen-bond acceptors (Lipinski definition) is 11. The van der Waals surface area contributed by atoms with E-state index >= 15 is 0 Å². The van der Waals surface area contributed by atoms with Gasteiger partial charge in [-0.05, 0) is 224 Å². The molecule has 0 spiro atoms. The van der Waals surface area contributed by atoms with E-state index in [1.165, 1.54) is 24.4 Å². The Bertz CT molecular complexity index is 4990. The Morgan fingerprint density at radius 1 is 0.557 bits per heavy atom. The molecule has 18 nitrogen and oxygen atoms in total. The number of urea groups is 1. The van der Waals surface area contributed by atoms with Gasteiger partial charge >= 0.3 is 12.2 Å². The second-order valence-electron chi connectivity index (χ2n) is 25.2. The lowest BCUT2D eigenvalue weighted by Crippen LogP contribution is -2.41. The number of alkyl halides is 3. The highest BCUT2D eigenvalue weighted by Crippen LogP contribution is 2.37. The molecular weight excluding hydrogens is 1660 g/mol. The van der Waals surface area contributed by atoms with Crippen LogP contribution in [0.5, 0.6) is 23.1 Å². The Morgan fingerprint density at radius 2 is 1.14 bits per heavy atom. The summed E-state index contributed by atoms with van der Waals surface area (Å²) in [6.45, 7) is 15.5. The molecule has 10 aromatic rings. The molecule has 1 saturated heterocycles. The van der Waals surface area contributed by atoms with Crippen LogP contribution >= 0.6 is 92.8 Å². The number of nitrogens with zero attached hydrogens (tertiary/aromatic N) is 2. The summed E-state index contributed by atoms with van der Waals surface area (Å²) in [5.41, 5.74) is 3.65. The van der Waals surface area contributed by atoms with Gasteiger partial charge in [-0.25, -0.2) is 18.6 Å². The SMILES string of the molecule is C=C(C)C(=O)Nc1ccc(Cl)c(Cl)c1.CCOCOc1ccc(C(=O)Nc2cccc(Cl)c2Cl)cc1.C[C@@H]1CC[C@H](C)N1C(=O)Nc1ccccc1.Cc1c(Cl)ccc(OC(C)C(=O)Nc2ccccc2)c1Cl.O=C(Nc1ccc(Cl)c(Cl)c1)C1CC1.O=C(Nc1ccc(F)cc1F)c1cccnc1Oc1cccc(C(F)(F)F)c1. The van der Waals surface area contributed by atoms with Crippen molar-refractivity contribution < 1.29 is 69.7 Å². The summed E-state index contributed by atoms with van der Waals surface area (Å²) in [6, 6.07) is 53.9. The molecule has 0 bridgehead atoms. The number of likely N-dealkylation sites (tertiary alicyclic amines) is 1. The molecule has 0 radical (unpaired) electrons. The fourth-order valence-electron chi connectivity index (χ4n) is 9.98. The van der Waals surface area contributed by atoms with Crippen LogP contribution in [0.25, 0.3) is 0 Å². The topological polar surface area (TPSA) is 228 Å². The number of rotatable bonds is 19. The number of aromatic nitrogens is 1. The molecule has 7 amide bonds. The zero-order chi connectivity index (χ0) is 84.1. The highest BCUT2D eigenvalue weighted by molar-refractivity contribution is 6.44. The van der Waals surface area contributed by atoms with Crippen molar-refractivity contribution in [1.29, 1.82) is 0 Å².